The zero-order chi connectivity index (χ0) is 8.53. The molecule has 74 valence electrons. The lowest BCUT2D eigenvalue weighted by Crippen LogP contribution is -2.20. The van der Waals surface area contributed by atoms with Crippen molar-refractivity contribution in [3.05, 3.63) is 0 Å². The molecule has 2 nitrogen and oxygen atoms in total. The fourth-order valence-electron chi connectivity index (χ4n) is 0.722. The van der Waals surface area contributed by atoms with E-state index in [4.69, 9.17) is 4.84 Å². The highest BCUT2D eigenvalue weighted by molar-refractivity contribution is 5.75. The van der Waals surface area contributed by atoms with Gasteiger partial charge in [-0.25, -0.2) is 5.48 Å². The fourth-order valence-corrected chi connectivity index (χ4v) is 0.722. The van der Waals surface area contributed by atoms with Crippen LogP contribution in [0.15, 0.2) is 0 Å². The standard InChI is InChI=1S/C9H21NO.BH3/c1-4-5-6-7-11-10-8-9(2)3;/h9-10H,4-8H2,1-3H3;1H3. The first-order valence-electron chi connectivity index (χ1n) is 4.62. The Bertz CT molecular complexity index is 78.9. The summed E-state index contributed by atoms with van der Waals surface area (Å²) in [5, 5.41) is 0. The van der Waals surface area contributed by atoms with E-state index in [-0.39, 0.29) is 8.41 Å². The van der Waals surface area contributed by atoms with E-state index in [2.05, 4.69) is 26.3 Å². The molecule has 0 saturated heterocycles. The van der Waals surface area contributed by atoms with Gasteiger partial charge in [-0.1, -0.05) is 33.6 Å². The normalized spacial score (nSPS) is 10.0. The molecule has 0 radical (unpaired) electrons. The van der Waals surface area contributed by atoms with Gasteiger partial charge in [-0.15, -0.1) is 0 Å². The lowest BCUT2D eigenvalue weighted by Gasteiger charge is -2.06. The van der Waals surface area contributed by atoms with Crippen LogP contribution in [0.4, 0.5) is 0 Å². The minimum atomic E-state index is 0. The molecule has 0 aromatic carbocycles. The second-order valence-corrected chi connectivity index (χ2v) is 3.30. The number of hydroxylamine groups is 1. The van der Waals surface area contributed by atoms with Crippen LogP contribution in [0.5, 0.6) is 0 Å². The van der Waals surface area contributed by atoms with Gasteiger partial charge in [0, 0.05) is 6.54 Å². The van der Waals surface area contributed by atoms with Crippen molar-refractivity contribution in [3.63, 3.8) is 0 Å². The Morgan fingerprint density at radius 1 is 1.25 bits per heavy atom. The van der Waals surface area contributed by atoms with Crippen LogP contribution >= 0.6 is 0 Å². The average Bonchev–Trinajstić information content (AvgIpc) is 1.96. The molecule has 3 heteroatoms. The first-order chi connectivity index (χ1) is 5.27. The number of nitrogens with one attached hydrogen (secondary N) is 1. The molecule has 0 aromatic rings. The quantitative estimate of drug-likeness (QED) is 0.354. The van der Waals surface area contributed by atoms with Crippen molar-refractivity contribution in [1.82, 2.24) is 5.48 Å². The van der Waals surface area contributed by atoms with Crippen LogP contribution in [-0.2, 0) is 4.84 Å². The Hall–Kier alpha value is -0.0151. The highest BCUT2D eigenvalue weighted by Gasteiger charge is 1.91. The van der Waals surface area contributed by atoms with E-state index in [0.717, 1.165) is 13.2 Å². The van der Waals surface area contributed by atoms with Crippen molar-refractivity contribution >= 4 is 8.41 Å². The van der Waals surface area contributed by atoms with Crippen LogP contribution in [-0.4, -0.2) is 21.6 Å². The number of hydrogen-bond acceptors (Lipinski definition) is 2. The molecule has 0 aliphatic rings. The van der Waals surface area contributed by atoms with E-state index in [1.54, 1.807) is 0 Å². The predicted octanol–water partition coefficient (Wildman–Crippen LogP) is 1.17. The molecule has 0 aromatic heterocycles. The third-order valence-electron chi connectivity index (χ3n) is 1.44. The van der Waals surface area contributed by atoms with Crippen molar-refractivity contribution in [1.29, 1.82) is 0 Å². The largest absolute Gasteiger partial charge is 0.302 e. The summed E-state index contributed by atoms with van der Waals surface area (Å²) in [6, 6.07) is 0. The van der Waals surface area contributed by atoms with Crippen molar-refractivity contribution in [2.75, 3.05) is 13.2 Å². The summed E-state index contributed by atoms with van der Waals surface area (Å²) in [6.07, 6.45) is 3.69. The Labute approximate surface area is 78.6 Å². The topological polar surface area (TPSA) is 21.3 Å². The highest BCUT2D eigenvalue weighted by Crippen LogP contribution is 1.93. The zero-order valence-electron chi connectivity index (χ0n) is 8.02. The van der Waals surface area contributed by atoms with Crippen molar-refractivity contribution in [2.45, 2.75) is 40.0 Å². The zero-order valence-corrected chi connectivity index (χ0v) is 8.02. The summed E-state index contributed by atoms with van der Waals surface area (Å²) in [6.45, 7) is 8.33. The highest BCUT2D eigenvalue weighted by atomic mass is 16.6. The first-order valence-corrected chi connectivity index (χ1v) is 4.62. The number of hydrogen-bond donors (Lipinski definition) is 1. The van der Waals surface area contributed by atoms with Crippen LogP contribution in [0.25, 0.3) is 0 Å². The molecule has 0 atom stereocenters. The second kappa shape index (κ2) is 11.0. The second-order valence-electron chi connectivity index (χ2n) is 3.30. The van der Waals surface area contributed by atoms with Gasteiger partial charge in [0.25, 0.3) is 0 Å². The molecule has 0 spiro atoms. The van der Waals surface area contributed by atoms with Crippen molar-refractivity contribution in [3.8, 4) is 0 Å². The van der Waals surface area contributed by atoms with Gasteiger partial charge in [0.1, 0.15) is 0 Å². The van der Waals surface area contributed by atoms with E-state index in [1.165, 1.54) is 19.3 Å². The van der Waals surface area contributed by atoms with Crippen molar-refractivity contribution < 1.29 is 4.84 Å². The van der Waals surface area contributed by atoms with E-state index in [0.29, 0.717) is 5.92 Å². The minimum absolute atomic E-state index is 0. The molecular formula is C9H24BNO. The molecule has 1 N–H and O–H groups in total. The maximum Gasteiger partial charge on any atom is 0.0814 e. The van der Waals surface area contributed by atoms with Gasteiger partial charge < -0.3 is 4.84 Å². The molecule has 0 amide bonds. The maximum absolute atomic E-state index is 5.20. The average molecular weight is 173 g/mol. The summed E-state index contributed by atoms with van der Waals surface area (Å²) in [7, 11) is 0. The summed E-state index contributed by atoms with van der Waals surface area (Å²) in [5.74, 6) is 0.668. The molecule has 0 aliphatic heterocycles. The molecule has 0 heterocycles. The Morgan fingerprint density at radius 3 is 2.42 bits per heavy atom. The summed E-state index contributed by atoms with van der Waals surface area (Å²) < 4.78 is 0. The Balaban J connectivity index is 0. The Kier molecular flexibility index (Phi) is 13.3. The molecule has 12 heavy (non-hydrogen) atoms. The molecule has 0 unspecified atom stereocenters. The third-order valence-corrected chi connectivity index (χ3v) is 1.44. The fraction of sp³-hybridized carbons (Fsp3) is 1.00. The Morgan fingerprint density at radius 2 is 1.92 bits per heavy atom. The van der Waals surface area contributed by atoms with E-state index < -0.39 is 0 Å². The third kappa shape index (κ3) is 12.6. The summed E-state index contributed by atoms with van der Waals surface area (Å²) in [4.78, 5) is 5.20. The van der Waals surface area contributed by atoms with Gasteiger partial charge in [-0.2, -0.15) is 0 Å². The lowest BCUT2D eigenvalue weighted by molar-refractivity contribution is 0.0326. The van der Waals surface area contributed by atoms with Gasteiger partial charge in [0.2, 0.25) is 0 Å². The van der Waals surface area contributed by atoms with Gasteiger partial charge in [0.05, 0.1) is 15.0 Å². The molecule has 0 bridgehead atoms. The van der Waals surface area contributed by atoms with Crippen LogP contribution in [0.2, 0.25) is 0 Å². The van der Waals surface area contributed by atoms with Crippen LogP contribution in [0.1, 0.15) is 40.0 Å². The van der Waals surface area contributed by atoms with Gasteiger partial charge in [-0.3, -0.25) is 0 Å². The van der Waals surface area contributed by atoms with E-state index in [1.807, 2.05) is 0 Å². The predicted molar refractivity (Wildman–Crippen MR) is 58.3 cm³/mol. The van der Waals surface area contributed by atoms with Crippen LogP contribution in [0.3, 0.4) is 0 Å². The smallest absolute Gasteiger partial charge is 0.0814 e. The summed E-state index contributed by atoms with van der Waals surface area (Å²) >= 11 is 0. The first kappa shape index (κ1) is 14.5. The number of rotatable bonds is 7. The summed E-state index contributed by atoms with van der Waals surface area (Å²) in [5.41, 5.74) is 2.94. The number of unbranched alkanes of at least 4 members (excludes halogenated alkanes) is 2. The van der Waals surface area contributed by atoms with Gasteiger partial charge in [0.15, 0.2) is 0 Å². The van der Waals surface area contributed by atoms with Gasteiger partial charge in [-0.05, 0) is 12.3 Å². The lowest BCUT2D eigenvalue weighted by atomic mass is 10.2. The van der Waals surface area contributed by atoms with E-state index in [9.17, 15) is 0 Å². The van der Waals surface area contributed by atoms with Crippen LogP contribution in [0, 0.1) is 5.92 Å². The molecular weight excluding hydrogens is 149 g/mol. The van der Waals surface area contributed by atoms with Crippen LogP contribution < -0.4 is 5.48 Å². The SMILES string of the molecule is B.CCCCCONCC(C)C. The molecule has 0 aliphatic carbocycles. The van der Waals surface area contributed by atoms with Crippen molar-refractivity contribution in [2.24, 2.45) is 5.92 Å². The maximum atomic E-state index is 5.20. The molecule has 0 rings (SSSR count). The monoisotopic (exact) mass is 173 g/mol. The molecule has 0 saturated carbocycles. The molecule has 0 fully saturated rings. The van der Waals surface area contributed by atoms with Gasteiger partial charge >= 0.3 is 0 Å². The van der Waals surface area contributed by atoms with E-state index >= 15 is 0 Å². The minimum Gasteiger partial charge on any atom is -0.302 e.